The maximum absolute atomic E-state index is 8.52. The van der Waals surface area contributed by atoms with Crippen molar-refractivity contribution in [3.8, 4) is 0 Å². The molecular formula is C3H8NiO7S. The van der Waals surface area contributed by atoms with E-state index in [-0.39, 0.29) is 29.7 Å². The number of aliphatic hydroxyl groups is 3. The van der Waals surface area contributed by atoms with Gasteiger partial charge in [-0.1, -0.05) is 0 Å². The van der Waals surface area contributed by atoms with Crippen LogP contribution in [0.15, 0.2) is 0 Å². The predicted molar refractivity (Wildman–Crippen MR) is 30.7 cm³/mol. The van der Waals surface area contributed by atoms with Crippen LogP contribution in [0.1, 0.15) is 0 Å². The van der Waals surface area contributed by atoms with E-state index in [4.69, 9.17) is 32.8 Å². The van der Waals surface area contributed by atoms with Gasteiger partial charge in [0.2, 0.25) is 0 Å². The molecule has 0 bridgehead atoms. The minimum absolute atomic E-state index is 0. The van der Waals surface area contributed by atoms with Crippen LogP contribution in [-0.4, -0.2) is 52.2 Å². The van der Waals surface area contributed by atoms with E-state index in [1.54, 1.807) is 0 Å². The summed E-state index contributed by atoms with van der Waals surface area (Å²) >= 11 is 0. The zero-order valence-corrected chi connectivity index (χ0v) is 7.49. The second kappa shape index (κ2) is 9.33. The van der Waals surface area contributed by atoms with Crippen molar-refractivity contribution in [3.63, 3.8) is 0 Å². The average molecular weight is 247 g/mol. The first-order valence-corrected chi connectivity index (χ1v) is 3.71. The van der Waals surface area contributed by atoms with E-state index in [0.29, 0.717) is 0 Å². The minimum Gasteiger partial charge on any atom is -0.759 e. The monoisotopic (exact) mass is 246 g/mol. The molecule has 3 N–H and O–H groups in total. The first-order chi connectivity index (χ1) is 4.81. The molecule has 0 aromatic carbocycles. The summed E-state index contributed by atoms with van der Waals surface area (Å²) in [5.74, 6) is 0. The summed E-state index contributed by atoms with van der Waals surface area (Å²) in [5.41, 5.74) is 0. The molecule has 12 heavy (non-hydrogen) atoms. The normalized spacial score (nSPS) is 9.83. The van der Waals surface area contributed by atoms with Gasteiger partial charge in [0.05, 0.1) is 13.2 Å². The van der Waals surface area contributed by atoms with Crippen LogP contribution in [0.25, 0.3) is 0 Å². The molecule has 0 spiro atoms. The fraction of sp³-hybridized carbons (Fsp3) is 1.00. The topological polar surface area (TPSA) is 141 Å². The van der Waals surface area contributed by atoms with Gasteiger partial charge in [-0.25, -0.2) is 0 Å². The molecule has 0 aromatic heterocycles. The van der Waals surface area contributed by atoms with Crippen molar-refractivity contribution < 1.29 is 49.3 Å². The molecule has 0 saturated heterocycles. The maximum Gasteiger partial charge on any atom is 2.00 e. The van der Waals surface area contributed by atoms with Crippen LogP contribution in [0.4, 0.5) is 0 Å². The summed E-state index contributed by atoms with van der Waals surface area (Å²) in [7, 11) is -5.17. The zero-order valence-electron chi connectivity index (χ0n) is 5.69. The van der Waals surface area contributed by atoms with Gasteiger partial charge in [0.25, 0.3) is 0 Å². The molecule has 0 heterocycles. The predicted octanol–water partition coefficient (Wildman–Crippen LogP) is -3.01. The molecule has 9 heteroatoms. The Kier molecular flexibility index (Phi) is 14.1. The van der Waals surface area contributed by atoms with E-state index in [2.05, 4.69) is 0 Å². The van der Waals surface area contributed by atoms with Crippen molar-refractivity contribution in [2.45, 2.75) is 6.10 Å². The van der Waals surface area contributed by atoms with Gasteiger partial charge in [-0.05, 0) is 0 Å². The van der Waals surface area contributed by atoms with Crippen molar-refractivity contribution >= 4 is 10.4 Å². The van der Waals surface area contributed by atoms with E-state index >= 15 is 0 Å². The molecular weight excluding hydrogens is 239 g/mol. The average Bonchev–Trinajstić information content (AvgIpc) is 1.83. The molecule has 0 radical (unpaired) electrons. The molecule has 78 valence electrons. The Morgan fingerprint density at radius 1 is 1.17 bits per heavy atom. The fourth-order valence-corrected chi connectivity index (χ4v) is 0.0577. The number of aliphatic hydroxyl groups excluding tert-OH is 3. The molecule has 0 aliphatic heterocycles. The molecule has 0 aliphatic carbocycles. The van der Waals surface area contributed by atoms with Crippen molar-refractivity contribution in [3.05, 3.63) is 0 Å². The SMILES string of the molecule is O=S(=O)([O-])[O-].OCC(O)CO.[Ni+2]. The van der Waals surface area contributed by atoms with Crippen molar-refractivity contribution in [1.82, 2.24) is 0 Å². The third kappa shape index (κ3) is 48.6. The molecule has 0 rings (SSSR count). The number of hydrogen-bond donors (Lipinski definition) is 3. The molecule has 0 aromatic rings. The van der Waals surface area contributed by atoms with Gasteiger partial charge in [0.15, 0.2) is 0 Å². The summed E-state index contributed by atoms with van der Waals surface area (Å²) in [4.78, 5) is 0. The van der Waals surface area contributed by atoms with Crippen LogP contribution in [0.2, 0.25) is 0 Å². The quantitative estimate of drug-likeness (QED) is 0.268. The van der Waals surface area contributed by atoms with Crippen molar-refractivity contribution in [1.29, 1.82) is 0 Å². The summed E-state index contributed by atoms with van der Waals surface area (Å²) in [6, 6.07) is 0. The van der Waals surface area contributed by atoms with E-state index in [1.165, 1.54) is 0 Å². The van der Waals surface area contributed by atoms with Gasteiger partial charge in [-0.2, -0.15) is 0 Å². The van der Waals surface area contributed by atoms with E-state index in [0.717, 1.165) is 0 Å². The Morgan fingerprint density at radius 2 is 1.33 bits per heavy atom. The molecule has 0 aliphatic rings. The molecule has 0 unspecified atom stereocenters. The van der Waals surface area contributed by atoms with Gasteiger partial charge < -0.3 is 24.4 Å². The van der Waals surface area contributed by atoms with Crippen LogP contribution < -0.4 is 0 Å². The Morgan fingerprint density at radius 3 is 1.33 bits per heavy atom. The maximum atomic E-state index is 8.52. The van der Waals surface area contributed by atoms with Gasteiger partial charge in [0, 0.05) is 10.4 Å². The van der Waals surface area contributed by atoms with E-state index in [1.807, 2.05) is 0 Å². The second-order valence-electron chi connectivity index (χ2n) is 1.43. The smallest absolute Gasteiger partial charge is 0.759 e. The largest absolute Gasteiger partial charge is 2.00 e. The Labute approximate surface area is 79.5 Å². The van der Waals surface area contributed by atoms with Gasteiger partial charge >= 0.3 is 16.5 Å². The summed E-state index contributed by atoms with van der Waals surface area (Å²) in [6.45, 7) is -0.729. The zero-order chi connectivity index (χ0) is 9.49. The summed E-state index contributed by atoms with van der Waals surface area (Å²) in [5, 5.41) is 24.0. The minimum atomic E-state index is -5.17. The molecule has 7 nitrogen and oxygen atoms in total. The standard InChI is InChI=1S/C3H8O3.Ni.H2O4S/c4-1-3(6)2-5;;1-5(2,3)4/h3-6H,1-2H2;;(H2,1,2,3,4)/q;+2;/p-2. The van der Waals surface area contributed by atoms with Crippen LogP contribution in [-0.2, 0) is 26.9 Å². The van der Waals surface area contributed by atoms with Crippen LogP contribution >= 0.6 is 0 Å². The fourth-order valence-electron chi connectivity index (χ4n) is 0.0577. The van der Waals surface area contributed by atoms with Gasteiger partial charge in [0.1, 0.15) is 6.10 Å². The van der Waals surface area contributed by atoms with Crippen LogP contribution in [0, 0.1) is 0 Å². The number of hydrogen-bond acceptors (Lipinski definition) is 7. The third-order valence-electron chi connectivity index (χ3n) is 0.421. The Hall–Kier alpha value is 0.244. The first-order valence-electron chi connectivity index (χ1n) is 2.37. The van der Waals surface area contributed by atoms with Crippen LogP contribution in [0.3, 0.4) is 0 Å². The Bertz CT molecular complexity index is 153. The third-order valence-corrected chi connectivity index (χ3v) is 0.421. The van der Waals surface area contributed by atoms with E-state index < -0.39 is 16.5 Å². The first kappa shape index (κ1) is 18.1. The van der Waals surface area contributed by atoms with Crippen molar-refractivity contribution in [2.75, 3.05) is 13.2 Å². The van der Waals surface area contributed by atoms with Crippen molar-refractivity contribution in [2.24, 2.45) is 0 Å². The number of rotatable bonds is 2. The van der Waals surface area contributed by atoms with E-state index in [9.17, 15) is 0 Å². The molecule has 0 fully saturated rings. The van der Waals surface area contributed by atoms with Crippen LogP contribution in [0.5, 0.6) is 0 Å². The summed E-state index contributed by atoms with van der Waals surface area (Å²) in [6.07, 6.45) is -0.954. The van der Waals surface area contributed by atoms with Gasteiger partial charge in [-0.3, -0.25) is 8.42 Å². The second-order valence-corrected chi connectivity index (χ2v) is 2.24. The summed E-state index contributed by atoms with van der Waals surface area (Å²) < 4.78 is 34.1. The Balaban J connectivity index is -0.000000126. The molecule has 0 atom stereocenters. The molecule has 0 amide bonds. The van der Waals surface area contributed by atoms with Gasteiger partial charge in [-0.15, -0.1) is 0 Å². The molecule has 0 saturated carbocycles.